The largest absolute Gasteiger partial charge is 0.339 e. The Kier molecular flexibility index (Phi) is 3.02. The molecule has 0 bridgehead atoms. The highest BCUT2D eigenvalue weighted by atomic mass is 35.5. The fourth-order valence-corrected chi connectivity index (χ4v) is 1.93. The third kappa shape index (κ3) is 2.47. The van der Waals surface area contributed by atoms with Crippen molar-refractivity contribution in [3.8, 4) is 0 Å². The summed E-state index contributed by atoms with van der Waals surface area (Å²) in [6, 6.07) is 4.39. The van der Waals surface area contributed by atoms with Crippen LogP contribution in [0.3, 0.4) is 0 Å². The van der Waals surface area contributed by atoms with Crippen LogP contribution in [-0.2, 0) is 0 Å². The molecule has 0 spiro atoms. The molecule has 2 heterocycles. The Morgan fingerprint density at radius 2 is 2.31 bits per heavy atom. The van der Waals surface area contributed by atoms with Gasteiger partial charge in [0.15, 0.2) is 0 Å². The van der Waals surface area contributed by atoms with Gasteiger partial charge in [-0.3, -0.25) is 10.1 Å². The number of nitro groups is 1. The zero-order chi connectivity index (χ0) is 11.5. The van der Waals surface area contributed by atoms with E-state index in [-0.39, 0.29) is 10.8 Å². The van der Waals surface area contributed by atoms with Gasteiger partial charge in [0.1, 0.15) is 11.0 Å². The molecule has 0 aliphatic heterocycles. The lowest BCUT2D eigenvalue weighted by Crippen LogP contribution is -1.95. The van der Waals surface area contributed by atoms with E-state index in [1.807, 2.05) is 16.8 Å². The minimum absolute atomic E-state index is 0.0854. The molecule has 2 rings (SSSR count). The summed E-state index contributed by atoms with van der Waals surface area (Å²) in [6.07, 6.45) is 0. The van der Waals surface area contributed by atoms with E-state index in [1.54, 1.807) is 0 Å². The van der Waals surface area contributed by atoms with Crippen molar-refractivity contribution >= 4 is 40.1 Å². The summed E-state index contributed by atoms with van der Waals surface area (Å²) < 4.78 is 0. The van der Waals surface area contributed by atoms with Gasteiger partial charge in [0.25, 0.3) is 5.69 Å². The molecule has 0 saturated heterocycles. The van der Waals surface area contributed by atoms with Gasteiger partial charge >= 0.3 is 0 Å². The van der Waals surface area contributed by atoms with Crippen LogP contribution in [0.4, 0.5) is 17.2 Å². The van der Waals surface area contributed by atoms with Crippen molar-refractivity contribution in [3.63, 3.8) is 0 Å². The molecular weight excluding hydrogens is 250 g/mol. The van der Waals surface area contributed by atoms with Crippen LogP contribution in [0.2, 0.25) is 5.15 Å². The molecule has 0 aliphatic rings. The molecule has 0 atom stereocenters. The predicted octanol–water partition coefficient (Wildman–Crippen LogP) is 3.45. The lowest BCUT2D eigenvalue weighted by Gasteiger charge is -2.02. The van der Waals surface area contributed by atoms with Crippen molar-refractivity contribution in [2.24, 2.45) is 0 Å². The molecule has 0 radical (unpaired) electrons. The molecular formula is C9H6ClN3O2S. The SMILES string of the molecule is O=[N+]([O-])c1cc(Cl)nc(Nc2ccsc2)c1. The number of nitrogens with one attached hydrogen (secondary N) is 1. The van der Waals surface area contributed by atoms with E-state index in [2.05, 4.69) is 10.3 Å². The zero-order valence-electron chi connectivity index (χ0n) is 7.88. The van der Waals surface area contributed by atoms with Gasteiger partial charge < -0.3 is 5.32 Å². The van der Waals surface area contributed by atoms with Crippen LogP contribution in [0.1, 0.15) is 0 Å². The van der Waals surface area contributed by atoms with E-state index in [1.165, 1.54) is 23.5 Å². The van der Waals surface area contributed by atoms with Gasteiger partial charge in [-0.25, -0.2) is 4.98 Å². The quantitative estimate of drug-likeness (QED) is 0.518. The smallest absolute Gasteiger partial charge is 0.276 e. The standard InChI is InChI=1S/C9H6ClN3O2S/c10-8-3-7(13(14)15)4-9(12-8)11-6-1-2-16-5-6/h1-5H,(H,11,12). The van der Waals surface area contributed by atoms with Gasteiger partial charge in [-0.05, 0) is 11.4 Å². The third-order valence-electron chi connectivity index (χ3n) is 1.78. The highest BCUT2D eigenvalue weighted by Gasteiger charge is 2.10. The molecule has 82 valence electrons. The fourth-order valence-electron chi connectivity index (χ4n) is 1.14. The van der Waals surface area contributed by atoms with Crippen molar-refractivity contribution < 1.29 is 4.92 Å². The lowest BCUT2D eigenvalue weighted by molar-refractivity contribution is -0.384. The first-order valence-corrected chi connectivity index (χ1v) is 5.58. The topological polar surface area (TPSA) is 68.1 Å². The van der Waals surface area contributed by atoms with Crippen molar-refractivity contribution in [2.75, 3.05) is 5.32 Å². The van der Waals surface area contributed by atoms with Crippen molar-refractivity contribution in [2.45, 2.75) is 0 Å². The fraction of sp³-hybridized carbons (Fsp3) is 0. The van der Waals surface area contributed by atoms with Crippen molar-refractivity contribution in [1.82, 2.24) is 4.98 Å². The Hall–Kier alpha value is -1.66. The maximum atomic E-state index is 10.6. The van der Waals surface area contributed by atoms with E-state index in [9.17, 15) is 10.1 Å². The second-order valence-corrected chi connectivity index (χ2v) is 4.09. The van der Waals surface area contributed by atoms with E-state index < -0.39 is 4.92 Å². The Morgan fingerprint density at radius 3 is 2.94 bits per heavy atom. The highest BCUT2D eigenvalue weighted by molar-refractivity contribution is 7.08. The molecule has 2 aromatic heterocycles. The summed E-state index contributed by atoms with van der Waals surface area (Å²) in [7, 11) is 0. The molecule has 0 saturated carbocycles. The Balaban J connectivity index is 2.31. The van der Waals surface area contributed by atoms with Gasteiger partial charge in [-0.15, -0.1) is 0 Å². The van der Waals surface area contributed by atoms with Crippen LogP contribution in [0.15, 0.2) is 29.0 Å². The first-order chi connectivity index (χ1) is 7.65. The van der Waals surface area contributed by atoms with Crippen LogP contribution in [0.5, 0.6) is 0 Å². The lowest BCUT2D eigenvalue weighted by atomic mass is 10.4. The van der Waals surface area contributed by atoms with Crippen LogP contribution >= 0.6 is 22.9 Å². The number of hydrogen-bond donors (Lipinski definition) is 1. The van der Waals surface area contributed by atoms with E-state index in [0.717, 1.165) is 5.69 Å². The second-order valence-electron chi connectivity index (χ2n) is 2.93. The summed E-state index contributed by atoms with van der Waals surface area (Å²) in [6.45, 7) is 0. The molecule has 7 heteroatoms. The van der Waals surface area contributed by atoms with Gasteiger partial charge in [-0.2, -0.15) is 11.3 Å². The normalized spacial score (nSPS) is 10.1. The minimum Gasteiger partial charge on any atom is -0.339 e. The number of rotatable bonds is 3. The summed E-state index contributed by atoms with van der Waals surface area (Å²) in [5, 5.41) is 17.4. The summed E-state index contributed by atoms with van der Waals surface area (Å²) >= 11 is 7.20. The molecule has 0 amide bonds. The van der Waals surface area contributed by atoms with E-state index in [4.69, 9.17) is 11.6 Å². The molecule has 0 fully saturated rings. The summed E-state index contributed by atoms with van der Waals surface area (Å²) in [5.74, 6) is 0.359. The van der Waals surface area contributed by atoms with Gasteiger partial charge in [0.05, 0.1) is 22.7 Å². The maximum absolute atomic E-state index is 10.6. The van der Waals surface area contributed by atoms with Gasteiger partial charge in [-0.1, -0.05) is 11.6 Å². The monoisotopic (exact) mass is 255 g/mol. The number of pyridine rings is 1. The van der Waals surface area contributed by atoms with Gasteiger partial charge in [0, 0.05) is 5.38 Å². The summed E-state index contributed by atoms with van der Waals surface area (Å²) in [4.78, 5) is 14.0. The Labute approximate surface area is 99.9 Å². The Morgan fingerprint density at radius 1 is 1.50 bits per heavy atom. The number of nitrogens with zero attached hydrogens (tertiary/aromatic N) is 2. The highest BCUT2D eigenvalue weighted by Crippen LogP contribution is 2.24. The molecule has 5 nitrogen and oxygen atoms in total. The number of anilines is 2. The first-order valence-electron chi connectivity index (χ1n) is 4.26. The molecule has 0 unspecified atom stereocenters. The van der Waals surface area contributed by atoms with Crippen molar-refractivity contribution in [1.29, 1.82) is 0 Å². The number of thiophene rings is 1. The van der Waals surface area contributed by atoms with E-state index in [0.29, 0.717) is 5.82 Å². The first kappa shape index (κ1) is 10.8. The zero-order valence-corrected chi connectivity index (χ0v) is 9.46. The van der Waals surface area contributed by atoms with Crippen LogP contribution in [0, 0.1) is 10.1 Å². The third-order valence-corrected chi connectivity index (χ3v) is 2.66. The number of halogens is 1. The minimum atomic E-state index is -0.508. The average molecular weight is 256 g/mol. The average Bonchev–Trinajstić information content (AvgIpc) is 2.69. The molecule has 2 aromatic rings. The van der Waals surface area contributed by atoms with E-state index >= 15 is 0 Å². The van der Waals surface area contributed by atoms with Crippen LogP contribution in [0.25, 0.3) is 0 Å². The number of aromatic nitrogens is 1. The van der Waals surface area contributed by atoms with Crippen LogP contribution < -0.4 is 5.32 Å². The molecule has 0 aromatic carbocycles. The summed E-state index contributed by atoms with van der Waals surface area (Å²) in [5.41, 5.74) is 0.742. The number of hydrogen-bond acceptors (Lipinski definition) is 5. The molecule has 0 aliphatic carbocycles. The van der Waals surface area contributed by atoms with Crippen LogP contribution in [-0.4, -0.2) is 9.91 Å². The molecule has 16 heavy (non-hydrogen) atoms. The maximum Gasteiger partial charge on any atom is 0.276 e. The second kappa shape index (κ2) is 4.46. The van der Waals surface area contributed by atoms with Gasteiger partial charge in [0.2, 0.25) is 0 Å². The Bertz CT molecular complexity index is 515. The predicted molar refractivity (Wildman–Crippen MR) is 63.5 cm³/mol. The molecule has 1 N–H and O–H groups in total. The van der Waals surface area contributed by atoms with Crippen molar-refractivity contribution in [3.05, 3.63) is 44.2 Å².